The van der Waals surface area contributed by atoms with E-state index in [9.17, 15) is 9.18 Å². The van der Waals surface area contributed by atoms with Crippen LogP contribution in [0, 0.1) is 12.7 Å². The van der Waals surface area contributed by atoms with Crippen LogP contribution in [-0.2, 0) is 11.2 Å². The van der Waals surface area contributed by atoms with Crippen molar-refractivity contribution in [2.24, 2.45) is 0 Å². The summed E-state index contributed by atoms with van der Waals surface area (Å²) in [5.41, 5.74) is 4.07. The van der Waals surface area contributed by atoms with Gasteiger partial charge in [-0.3, -0.25) is 4.79 Å². The van der Waals surface area contributed by atoms with Crippen LogP contribution in [0.15, 0.2) is 54.9 Å². The topological polar surface area (TPSA) is 57.8 Å². The molecule has 0 unspecified atom stereocenters. The number of nitrogens with zero attached hydrogens (tertiary/aromatic N) is 1. The molecule has 5 heteroatoms. The average molecular weight is 309 g/mol. The number of amides is 1. The van der Waals surface area contributed by atoms with Crippen molar-refractivity contribution < 1.29 is 9.18 Å². The van der Waals surface area contributed by atoms with Crippen molar-refractivity contribution in [1.82, 2.24) is 9.97 Å². The van der Waals surface area contributed by atoms with Gasteiger partial charge in [0.15, 0.2) is 0 Å². The second-order valence-corrected chi connectivity index (χ2v) is 5.31. The van der Waals surface area contributed by atoms with E-state index in [2.05, 4.69) is 15.3 Å². The minimum Gasteiger partial charge on any atom is -0.348 e. The van der Waals surface area contributed by atoms with Crippen LogP contribution in [-0.4, -0.2) is 15.9 Å². The summed E-state index contributed by atoms with van der Waals surface area (Å²) in [6.07, 6.45) is 1.77. The van der Waals surface area contributed by atoms with Gasteiger partial charge in [-0.2, -0.15) is 0 Å². The van der Waals surface area contributed by atoms with Gasteiger partial charge in [0.25, 0.3) is 0 Å². The Morgan fingerprint density at radius 2 is 2.04 bits per heavy atom. The molecule has 2 N–H and O–H groups in total. The smallest absolute Gasteiger partial charge is 0.228 e. The number of halogens is 1. The number of hydrogen-bond donors (Lipinski definition) is 2. The molecule has 0 bridgehead atoms. The first-order chi connectivity index (χ1) is 11.1. The second-order valence-electron chi connectivity index (χ2n) is 5.31. The fraction of sp³-hybridized carbons (Fsp3) is 0.111. The molecule has 1 aromatic heterocycles. The zero-order valence-corrected chi connectivity index (χ0v) is 12.6. The van der Waals surface area contributed by atoms with Crippen LogP contribution in [0.1, 0.15) is 11.3 Å². The van der Waals surface area contributed by atoms with Crippen LogP contribution in [0.25, 0.3) is 11.3 Å². The van der Waals surface area contributed by atoms with Gasteiger partial charge in [-0.15, -0.1) is 0 Å². The van der Waals surface area contributed by atoms with Crippen LogP contribution in [0.2, 0.25) is 0 Å². The van der Waals surface area contributed by atoms with Gasteiger partial charge in [0.1, 0.15) is 5.82 Å². The largest absolute Gasteiger partial charge is 0.348 e. The van der Waals surface area contributed by atoms with Crippen LogP contribution in [0.5, 0.6) is 0 Å². The zero-order chi connectivity index (χ0) is 16.2. The molecule has 1 amide bonds. The molecule has 0 aliphatic heterocycles. The molecular weight excluding hydrogens is 293 g/mol. The first-order valence-electron chi connectivity index (χ1n) is 7.26. The first kappa shape index (κ1) is 15.0. The number of hydrogen-bond acceptors (Lipinski definition) is 2. The fourth-order valence-electron chi connectivity index (χ4n) is 2.43. The average Bonchev–Trinajstić information content (AvgIpc) is 2.93. The standard InChI is InChI=1S/C18H16FN3O/c1-12-18(21-11-20-12)14-5-3-7-16(10-14)22-17(23)9-13-4-2-6-15(19)8-13/h2-8,10-11H,9H2,1H3,(H,20,21)(H,22,23). The Hall–Kier alpha value is -2.95. The van der Waals surface area contributed by atoms with Gasteiger partial charge in [-0.1, -0.05) is 24.3 Å². The van der Waals surface area contributed by atoms with Crippen molar-refractivity contribution in [1.29, 1.82) is 0 Å². The minimum absolute atomic E-state index is 0.128. The number of anilines is 1. The lowest BCUT2D eigenvalue weighted by Crippen LogP contribution is -2.14. The molecule has 3 rings (SSSR count). The van der Waals surface area contributed by atoms with E-state index >= 15 is 0 Å². The number of aromatic nitrogens is 2. The Kier molecular flexibility index (Phi) is 4.19. The van der Waals surface area contributed by atoms with E-state index in [-0.39, 0.29) is 18.1 Å². The quantitative estimate of drug-likeness (QED) is 0.772. The molecule has 0 atom stereocenters. The van der Waals surface area contributed by atoms with E-state index in [1.807, 2.05) is 31.2 Å². The van der Waals surface area contributed by atoms with E-state index < -0.39 is 0 Å². The Labute approximate surface area is 133 Å². The van der Waals surface area contributed by atoms with E-state index in [0.717, 1.165) is 17.0 Å². The summed E-state index contributed by atoms with van der Waals surface area (Å²) < 4.78 is 13.2. The molecule has 0 saturated heterocycles. The van der Waals surface area contributed by atoms with Gasteiger partial charge in [-0.25, -0.2) is 9.37 Å². The van der Waals surface area contributed by atoms with Gasteiger partial charge < -0.3 is 10.3 Å². The zero-order valence-electron chi connectivity index (χ0n) is 12.6. The van der Waals surface area contributed by atoms with Gasteiger partial charge in [0.2, 0.25) is 5.91 Å². The van der Waals surface area contributed by atoms with Crippen LogP contribution < -0.4 is 5.32 Å². The summed E-state index contributed by atoms with van der Waals surface area (Å²) in [7, 11) is 0. The lowest BCUT2D eigenvalue weighted by atomic mass is 10.1. The minimum atomic E-state index is -0.341. The number of imidazole rings is 1. The molecule has 3 aromatic rings. The number of aromatic amines is 1. The molecular formula is C18H16FN3O. The third-order valence-corrected chi connectivity index (χ3v) is 3.50. The molecule has 116 valence electrons. The molecule has 0 aliphatic rings. The Morgan fingerprint density at radius 1 is 1.22 bits per heavy atom. The van der Waals surface area contributed by atoms with Gasteiger partial charge >= 0.3 is 0 Å². The van der Waals surface area contributed by atoms with Crippen molar-refractivity contribution in [2.45, 2.75) is 13.3 Å². The van der Waals surface area contributed by atoms with Crippen LogP contribution >= 0.6 is 0 Å². The van der Waals surface area contributed by atoms with E-state index in [0.29, 0.717) is 11.3 Å². The van der Waals surface area contributed by atoms with Crippen molar-refractivity contribution in [3.63, 3.8) is 0 Å². The summed E-state index contributed by atoms with van der Waals surface area (Å²) >= 11 is 0. The maximum atomic E-state index is 13.2. The van der Waals surface area contributed by atoms with E-state index in [4.69, 9.17) is 0 Å². The number of nitrogens with one attached hydrogen (secondary N) is 2. The number of rotatable bonds is 4. The van der Waals surface area contributed by atoms with E-state index in [1.54, 1.807) is 18.5 Å². The van der Waals surface area contributed by atoms with Crippen molar-refractivity contribution in [3.05, 3.63) is 71.9 Å². The first-order valence-corrected chi connectivity index (χ1v) is 7.26. The summed E-state index contributed by atoms with van der Waals surface area (Å²) in [6.45, 7) is 1.94. The highest BCUT2D eigenvalue weighted by atomic mass is 19.1. The summed E-state index contributed by atoms with van der Waals surface area (Å²) in [4.78, 5) is 19.4. The number of carbonyl (C=O) groups excluding carboxylic acids is 1. The molecule has 0 fully saturated rings. The summed E-state index contributed by atoms with van der Waals surface area (Å²) in [5.74, 6) is -0.530. The predicted molar refractivity (Wildman–Crippen MR) is 87.5 cm³/mol. The number of aryl methyl sites for hydroxylation is 1. The number of benzene rings is 2. The van der Waals surface area contributed by atoms with Crippen molar-refractivity contribution >= 4 is 11.6 Å². The molecule has 0 radical (unpaired) electrons. The molecule has 2 aromatic carbocycles. The lowest BCUT2D eigenvalue weighted by Gasteiger charge is -2.07. The normalized spacial score (nSPS) is 10.5. The molecule has 0 spiro atoms. The fourth-order valence-corrected chi connectivity index (χ4v) is 2.43. The summed E-state index contributed by atoms with van der Waals surface area (Å²) in [5, 5.41) is 2.83. The van der Waals surface area contributed by atoms with Gasteiger partial charge in [0.05, 0.1) is 18.4 Å². The molecule has 4 nitrogen and oxygen atoms in total. The maximum Gasteiger partial charge on any atom is 0.228 e. The van der Waals surface area contributed by atoms with Gasteiger partial charge in [0, 0.05) is 16.9 Å². The highest BCUT2D eigenvalue weighted by Gasteiger charge is 2.08. The Morgan fingerprint density at radius 3 is 2.78 bits per heavy atom. The molecule has 23 heavy (non-hydrogen) atoms. The monoisotopic (exact) mass is 309 g/mol. The Bertz CT molecular complexity index is 842. The Balaban J connectivity index is 1.73. The number of H-pyrrole nitrogens is 1. The lowest BCUT2D eigenvalue weighted by molar-refractivity contribution is -0.115. The maximum absolute atomic E-state index is 13.2. The van der Waals surface area contributed by atoms with Crippen LogP contribution in [0.4, 0.5) is 10.1 Å². The van der Waals surface area contributed by atoms with Gasteiger partial charge in [-0.05, 0) is 36.8 Å². The molecule has 1 heterocycles. The number of carbonyl (C=O) groups is 1. The van der Waals surface area contributed by atoms with Crippen molar-refractivity contribution in [2.75, 3.05) is 5.32 Å². The second kappa shape index (κ2) is 6.44. The molecule has 0 aliphatic carbocycles. The predicted octanol–water partition coefficient (Wildman–Crippen LogP) is 3.71. The van der Waals surface area contributed by atoms with Crippen molar-refractivity contribution in [3.8, 4) is 11.3 Å². The van der Waals surface area contributed by atoms with E-state index in [1.165, 1.54) is 12.1 Å². The highest BCUT2D eigenvalue weighted by Crippen LogP contribution is 2.23. The highest BCUT2D eigenvalue weighted by molar-refractivity contribution is 5.92. The molecule has 0 saturated carbocycles. The summed E-state index contributed by atoms with van der Waals surface area (Å²) in [6, 6.07) is 13.5. The third kappa shape index (κ3) is 3.63. The SMILES string of the molecule is Cc1[nH]cnc1-c1cccc(NC(=O)Cc2cccc(F)c2)c1. The third-order valence-electron chi connectivity index (χ3n) is 3.50. The van der Waals surface area contributed by atoms with Crippen LogP contribution in [0.3, 0.4) is 0 Å².